The van der Waals surface area contributed by atoms with Crippen LogP contribution in [-0.4, -0.2) is 26.8 Å². The smallest absolute Gasteiger partial charge is 0.390 e. The number of hydrogen-bond acceptors (Lipinski definition) is 3. The van der Waals surface area contributed by atoms with Crippen LogP contribution in [0.2, 0.25) is 10.0 Å². The van der Waals surface area contributed by atoms with Crippen LogP contribution >= 0.6 is 23.2 Å². The molecule has 5 nitrogen and oxygen atoms in total. The van der Waals surface area contributed by atoms with Crippen LogP contribution in [0.4, 0.5) is 13.2 Å². The maximum Gasteiger partial charge on any atom is 0.416 e. The van der Waals surface area contributed by atoms with Gasteiger partial charge in [0.05, 0.1) is 39.7 Å². The molecule has 158 valence electrons. The Balaban J connectivity index is 1.57. The summed E-state index contributed by atoms with van der Waals surface area (Å²) in [5.74, 6) is -0.299. The molecule has 1 amide bonds. The summed E-state index contributed by atoms with van der Waals surface area (Å²) in [4.78, 5) is 12.5. The fourth-order valence-electron chi connectivity index (χ4n) is 3.58. The number of alkyl halides is 3. The van der Waals surface area contributed by atoms with Crippen LogP contribution in [0.3, 0.4) is 0 Å². The predicted molar refractivity (Wildman–Crippen MR) is 103 cm³/mol. The molecular weight excluding hydrogens is 430 g/mol. The van der Waals surface area contributed by atoms with Crippen LogP contribution in [0.15, 0.2) is 24.4 Å². The van der Waals surface area contributed by atoms with Crippen molar-refractivity contribution >= 4 is 29.1 Å². The molecule has 0 bridgehead atoms. The van der Waals surface area contributed by atoms with Crippen molar-refractivity contribution in [3.05, 3.63) is 51.3 Å². The van der Waals surface area contributed by atoms with E-state index >= 15 is 0 Å². The zero-order chi connectivity index (χ0) is 21.2. The van der Waals surface area contributed by atoms with E-state index < -0.39 is 17.6 Å². The van der Waals surface area contributed by atoms with Gasteiger partial charge in [-0.05, 0) is 49.8 Å². The monoisotopic (exact) mass is 449 g/mol. The average Bonchev–Trinajstić information content (AvgIpc) is 3.02. The van der Waals surface area contributed by atoms with Gasteiger partial charge in [0.15, 0.2) is 0 Å². The number of nitrogens with zero attached hydrogens (tertiary/aromatic N) is 2. The maximum atomic E-state index is 12.9. The first-order valence-corrected chi connectivity index (χ1v) is 9.93. The van der Waals surface area contributed by atoms with E-state index in [0.29, 0.717) is 36.0 Å². The molecule has 1 heterocycles. The van der Waals surface area contributed by atoms with Crippen LogP contribution in [0, 0.1) is 5.92 Å². The molecule has 2 N–H and O–H groups in total. The van der Waals surface area contributed by atoms with Gasteiger partial charge in [0.25, 0.3) is 5.91 Å². The number of amides is 1. The van der Waals surface area contributed by atoms with E-state index in [2.05, 4.69) is 10.4 Å². The minimum atomic E-state index is -4.54. The Morgan fingerprint density at radius 3 is 2.52 bits per heavy atom. The first kappa shape index (κ1) is 21.9. The standard InChI is InChI=1S/C19H20Cl2F3N3O2/c20-15-6-3-12(19(22,23)24)7-14(15)18(29)26-13-4-1-11(2-5-13)9-27-17(10-28)16(21)8-25-27/h3,6-8,11,13,28H,1-2,4-5,9-10H2,(H,26,29). The van der Waals surface area contributed by atoms with Gasteiger partial charge in [-0.1, -0.05) is 23.2 Å². The van der Waals surface area contributed by atoms with Gasteiger partial charge in [-0.3, -0.25) is 9.48 Å². The Kier molecular flexibility index (Phi) is 6.76. The van der Waals surface area contributed by atoms with Gasteiger partial charge in [-0.15, -0.1) is 0 Å². The number of hydrogen-bond donors (Lipinski definition) is 2. The number of rotatable bonds is 5. The van der Waals surface area contributed by atoms with Gasteiger partial charge in [-0.2, -0.15) is 18.3 Å². The van der Waals surface area contributed by atoms with Crippen molar-refractivity contribution in [3.63, 3.8) is 0 Å². The molecule has 29 heavy (non-hydrogen) atoms. The van der Waals surface area contributed by atoms with Crippen LogP contribution in [-0.2, 0) is 19.3 Å². The second kappa shape index (κ2) is 8.93. The lowest BCUT2D eigenvalue weighted by Gasteiger charge is -2.29. The molecule has 0 unspecified atom stereocenters. The molecule has 1 saturated carbocycles. The summed E-state index contributed by atoms with van der Waals surface area (Å²) in [5.41, 5.74) is -0.517. The van der Waals surface area contributed by atoms with E-state index in [-0.39, 0.29) is 23.2 Å². The Bertz CT molecular complexity index is 878. The lowest BCUT2D eigenvalue weighted by Crippen LogP contribution is -2.38. The molecule has 1 aliphatic rings. The van der Waals surface area contributed by atoms with Gasteiger partial charge >= 0.3 is 6.18 Å². The molecule has 0 radical (unpaired) electrons. The van der Waals surface area contributed by atoms with Crippen molar-refractivity contribution in [3.8, 4) is 0 Å². The third-order valence-electron chi connectivity index (χ3n) is 5.20. The first-order chi connectivity index (χ1) is 13.7. The molecule has 0 spiro atoms. The summed E-state index contributed by atoms with van der Waals surface area (Å²) in [5, 5.41) is 16.8. The molecule has 1 fully saturated rings. The van der Waals surface area contributed by atoms with Gasteiger partial charge in [0.2, 0.25) is 0 Å². The van der Waals surface area contributed by atoms with Gasteiger partial charge in [-0.25, -0.2) is 0 Å². The van der Waals surface area contributed by atoms with Crippen molar-refractivity contribution < 1.29 is 23.1 Å². The fraction of sp³-hybridized carbons (Fsp3) is 0.474. The van der Waals surface area contributed by atoms with Crippen LogP contribution in [0.5, 0.6) is 0 Å². The fourth-order valence-corrected chi connectivity index (χ4v) is 3.98. The van der Waals surface area contributed by atoms with Crippen LogP contribution < -0.4 is 5.32 Å². The molecule has 0 saturated heterocycles. The molecule has 1 aromatic heterocycles. The Labute approximate surface area is 175 Å². The summed E-state index contributed by atoms with van der Waals surface area (Å²) >= 11 is 11.9. The normalized spacial score (nSPS) is 19.9. The van der Waals surface area contributed by atoms with Crippen molar-refractivity contribution in [1.29, 1.82) is 0 Å². The minimum Gasteiger partial charge on any atom is -0.390 e. The van der Waals surface area contributed by atoms with Crippen molar-refractivity contribution in [2.75, 3.05) is 0 Å². The highest BCUT2D eigenvalue weighted by atomic mass is 35.5. The van der Waals surface area contributed by atoms with E-state index in [1.54, 1.807) is 4.68 Å². The molecule has 2 aromatic rings. The lowest BCUT2D eigenvalue weighted by atomic mass is 9.86. The number of benzene rings is 1. The second-order valence-corrected chi connectivity index (χ2v) is 7.98. The predicted octanol–water partition coefficient (Wildman–Crippen LogP) is 4.69. The maximum absolute atomic E-state index is 12.9. The van der Waals surface area contributed by atoms with Gasteiger partial charge in [0, 0.05) is 12.6 Å². The summed E-state index contributed by atoms with van der Waals surface area (Å²) in [6.45, 7) is 0.421. The highest BCUT2D eigenvalue weighted by Gasteiger charge is 2.32. The summed E-state index contributed by atoms with van der Waals surface area (Å²) in [7, 11) is 0. The topological polar surface area (TPSA) is 67.2 Å². The number of carbonyl (C=O) groups is 1. The Hall–Kier alpha value is -1.77. The van der Waals surface area contributed by atoms with Crippen LogP contribution in [0.25, 0.3) is 0 Å². The third kappa shape index (κ3) is 5.24. The zero-order valence-electron chi connectivity index (χ0n) is 15.3. The van der Waals surface area contributed by atoms with E-state index in [9.17, 15) is 23.1 Å². The largest absolute Gasteiger partial charge is 0.416 e. The molecule has 10 heteroatoms. The third-order valence-corrected chi connectivity index (χ3v) is 5.84. The number of aliphatic hydroxyl groups is 1. The number of aliphatic hydroxyl groups excluding tert-OH is 1. The molecule has 0 atom stereocenters. The second-order valence-electron chi connectivity index (χ2n) is 7.16. The molecular formula is C19H20Cl2F3N3O2. The van der Waals surface area contributed by atoms with Gasteiger partial charge in [0.1, 0.15) is 0 Å². The van der Waals surface area contributed by atoms with Gasteiger partial charge < -0.3 is 10.4 Å². The van der Waals surface area contributed by atoms with E-state index in [1.807, 2.05) is 0 Å². The van der Waals surface area contributed by atoms with Crippen molar-refractivity contribution in [2.45, 2.75) is 51.1 Å². The lowest BCUT2D eigenvalue weighted by molar-refractivity contribution is -0.137. The van der Waals surface area contributed by atoms with Crippen molar-refractivity contribution in [2.24, 2.45) is 5.92 Å². The molecule has 1 aromatic carbocycles. The first-order valence-electron chi connectivity index (χ1n) is 9.17. The quantitative estimate of drug-likeness (QED) is 0.695. The average molecular weight is 450 g/mol. The summed E-state index contributed by atoms with van der Waals surface area (Å²) in [6.07, 6.45) is -0.0433. The van der Waals surface area contributed by atoms with E-state index in [4.69, 9.17) is 23.2 Å². The number of nitrogens with one attached hydrogen (secondary N) is 1. The SMILES string of the molecule is O=C(NC1CCC(Cn2ncc(Cl)c2CO)CC1)c1cc(C(F)(F)F)ccc1Cl. The molecule has 0 aliphatic heterocycles. The number of aromatic nitrogens is 2. The summed E-state index contributed by atoms with van der Waals surface area (Å²) < 4.78 is 40.4. The number of carbonyl (C=O) groups excluding carboxylic acids is 1. The minimum absolute atomic E-state index is 0.0173. The van der Waals surface area contributed by atoms with E-state index in [0.717, 1.165) is 31.0 Å². The van der Waals surface area contributed by atoms with E-state index in [1.165, 1.54) is 6.20 Å². The number of halogens is 5. The highest BCUT2D eigenvalue weighted by molar-refractivity contribution is 6.33. The molecule has 1 aliphatic carbocycles. The Morgan fingerprint density at radius 1 is 1.21 bits per heavy atom. The summed E-state index contributed by atoms with van der Waals surface area (Å²) in [6, 6.07) is 2.58. The van der Waals surface area contributed by atoms with Crippen molar-refractivity contribution in [1.82, 2.24) is 15.1 Å². The molecule has 3 rings (SSSR count). The highest BCUT2D eigenvalue weighted by Crippen LogP contribution is 2.32. The Morgan fingerprint density at radius 2 is 1.90 bits per heavy atom. The zero-order valence-corrected chi connectivity index (χ0v) is 16.9. The van der Waals surface area contributed by atoms with Crippen LogP contribution in [0.1, 0.15) is 47.3 Å².